The van der Waals surface area contributed by atoms with Gasteiger partial charge in [-0.2, -0.15) is 0 Å². The Morgan fingerprint density at radius 3 is 2.52 bits per heavy atom. The molecule has 0 aliphatic carbocycles. The molecule has 0 aliphatic rings. The van der Waals surface area contributed by atoms with E-state index in [0.717, 1.165) is 17.7 Å². The van der Waals surface area contributed by atoms with Gasteiger partial charge in [0.2, 0.25) is 0 Å². The van der Waals surface area contributed by atoms with Gasteiger partial charge in [0.25, 0.3) is 0 Å². The van der Waals surface area contributed by atoms with Crippen LogP contribution in [-0.4, -0.2) is 35.6 Å². The Bertz CT molecular complexity index is 728. The molecular weight excluding hydrogens is 476 g/mol. The third-order valence-electron chi connectivity index (χ3n) is 3.70. The summed E-state index contributed by atoms with van der Waals surface area (Å²) in [6.45, 7) is 3.90. The molecule has 2 aromatic carbocycles. The van der Waals surface area contributed by atoms with E-state index in [4.69, 9.17) is 0 Å². The summed E-state index contributed by atoms with van der Waals surface area (Å²) in [5.41, 5.74) is 2.02. The highest BCUT2D eigenvalue weighted by atomic mass is 127. The maximum absolute atomic E-state index is 13.2. The summed E-state index contributed by atoms with van der Waals surface area (Å²) in [6, 6.07) is 16.4. The molecule has 4 nitrogen and oxygen atoms in total. The van der Waals surface area contributed by atoms with Crippen LogP contribution in [0.3, 0.4) is 0 Å². The number of hydrogen-bond acceptors (Lipinski definition) is 2. The topological polar surface area (TPSA) is 53.5 Å². The lowest BCUT2D eigenvalue weighted by Gasteiger charge is -2.11. The summed E-state index contributed by atoms with van der Waals surface area (Å²) in [7, 11) is -0.934. The second-order valence-corrected chi connectivity index (χ2v) is 7.42. The van der Waals surface area contributed by atoms with E-state index in [1.165, 1.54) is 6.07 Å². The predicted octanol–water partition coefficient (Wildman–Crippen LogP) is 3.49. The van der Waals surface area contributed by atoms with E-state index < -0.39 is 10.8 Å². The van der Waals surface area contributed by atoms with Crippen molar-refractivity contribution in [3.05, 3.63) is 71.5 Å². The van der Waals surface area contributed by atoms with Crippen LogP contribution in [0.2, 0.25) is 0 Å². The molecule has 7 heteroatoms. The van der Waals surface area contributed by atoms with Gasteiger partial charge in [-0.1, -0.05) is 42.5 Å². The SMILES string of the molecule is CCNC(=NCCS(=O)Cc1ccccc1)NCCc1cccc(F)c1.I. The van der Waals surface area contributed by atoms with Crippen molar-refractivity contribution in [2.24, 2.45) is 4.99 Å². The van der Waals surface area contributed by atoms with Crippen LogP contribution >= 0.6 is 24.0 Å². The van der Waals surface area contributed by atoms with E-state index in [1.807, 2.05) is 43.3 Å². The van der Waals surface area contributed by atoms with Crippen molar-refractivity contribution < 1.29 is 8.60 Å². The molecule has 2 N–H and O–H groups in total. The van der Waals surface area contributed by atoms with Crippen LogP contribution in [0.4, 0.5) is 4.39 Å². The van der Waals surface area contributed by atoms with Gasteiger partial charge < -0.3 is 10.6 Å². The molecule has 0 aliphatic heterocycles. The summed E-state index contributed by atoms with van der Waals surface area (Å²) in [4.78, 5) is 4.47. The molecule has 0 aromatic heterocycles. The Morgan fingerprint density at radius 2 is 1.81 bits per heavy atom. The van der Waals surface area contributed by atoms with E-state index in [-0.39, 0.29) is 29.8 Å². The van der Waals surface area contributed by atoms with Crippen molar-refractivity contribution in [1.82, 2.24) is 10.6 Å². The van der Waals surface area contributed by atoms with Crippen molar-refractivity contribution in [3.8, 4) is 0 Å². The smallest absolute Gasteiger partial charge is 0.191 e. The number of hydrogen-bond donors (Lipinski definition) is 2. The van der Waals surface area contributed by atoms with Crippen molar-refractivity contribution in [1.29, 1.82) is 0 Å². The largest absolute Gasteiger partial charge is 0.357 e. The number of benzene rings is 2. The number of aliphatic imine (C=N–C) groups is 1. The van der Waals surface area contributed by atoms with Gasteiger partial charge in [-0.3, -0.25) is 9.20 Å². The van der Waals surface area contributed by atoms with Gasteiger partial charge in [0.05, 0.1) is 6.54 Å². The molecule has 0 heterocycles. The average Bonchev–Trinajstić information content (AvgIpc) is 2.62. The van der Waals surface area contributed by atoms with Crippen molar-refractivity contribution in [2.45, 2.75) is 19.1 Å². The molecule has 0 saturated carbocycles. The quantitative estimate of drug-likeness (QED) is 0.313. The van der Waals surface area contributed by atoms with Crippen molar-refractivity contribution >= 4 is 40.7 Å². The number of guanidine groups is 1. The van der Waals surface area contributed by atoms with E-state index >= 15 is 0 Å². The molecule has 2 aromatic rings. The van der Waals surface area contributed by atoms with Crippen LogP contribution < -0.4 is 10.6 Å². The van der Waals surface area contributed by atoms with Crippen LogP contribution in [0.15, 0.2) is 59.6 Å². The molecule has 1 unspecified atom stereocenters. The van der Waals surface area contributed by atoms with Gasteiger partial charge in [0, 0.05) is 35.4 Å². The minimum atomic E-state index is -0.934. The molecule has 148 valence electrons. The van der Waals surface area contributed by atoms with E-state index in [0.29, 0.717) is 37.0 Å². The van der Waals surface area contributed by atoms with Crippen molar-refractivity contribution in [2.75, 3.05) is 25.4 Å². The van der Waals surface area contributed by atoms with Gasteiger partial charge in [0.15, 0.2) is 5.96 Å². The van der Waals surface area contributed by atoms with Gasteiger partial charge >= 0.3 is 0 Å². The summed E-state index contributed by atoms with van der Waals surface area (Å²) >= 11 is 0. The molecule has 0 radical (unpaired) electrons. The standard InChI is InChI=1S/C20H26FN3OS.HI/c1-2-22-20(23-12-11-17-9-6-10-19(21)15-17)24-13-14-26(25)16-18-7-4-3-5-8-18;/h3-10,15H,2,11-14,16H2,1H3,(H2,22,23,24);1H. The normalized spacial score (nSPS) is 12.1. The summed E-state index contributed by atoms with van der Waals surface area (Å²) in [6.07, 6.45) is 0.710. The first kappa shape index (κ1) is 23.6. The van der Waals surface area contributed by atoms with Crippen molar-refractivity contribution in [3.63, 3.8) is 0 Å². The fraction of sp³-hybridized carbons (Fsp3) is 0.350. The highest BCUT2D eigenvalue weighted by Gasteiger charge is 2.03. The number of nitrogens with zero attached hydrogens (tertiary/aromatic N) is 1. The second-order valence-electron chi connectivity index (χ2n) is 5.84. The van der Waals surface area contributed by atoms with Gasteiger partial charge in [-0.05, 0) is 36.6 Å². The van der Waals surface area contributed by atoms with E-state index in [1.54, 1.807) is 12.1 Å². The fourth-order valence-electron chi connectivity index (χ4n) is 2.45. The first-order chi connectivity index (χ1) is 12.7. The second kappa shape index (κ2) is 13.7. The fourth-order valence-corrected chi connectivity index (χ4v) is 3.45. The van der Waals surface area contributed by atoms with Gasteiger partial charge in [-0.25, -0.2) is 4.39 Å². The number of halogens is 2. The molecule has 0 saturated heterocycles. The highest BCUT2D eigenvalue weighted by Crippen LogP contribution is 2.04. The first-order valence-corrected chi connectivity index (χ1v) is 10.3. The highest BCUT2D eigenvalue weighted by molar-refractivity contribution is 14.0. The lowest BCUT2D eigenvalue weighted by atomic mass is 10.1. The van der Waals surface area contributed by atoms with Gasteiger partial charge in [0.1, 0.15) is 5.82 Å². The van der Waals surface area contributed by atoms with Gasteiger partial charge in [-0.15, -0.1) is 24.0 Å². The Balaban J connectivity index is 0.00000364. The molecule has 0 bridgehead atoms. The number of nitrogens with one attached hydrogen (secondary N) is 2. The summed E-state index contributed by atoms with van der Waals surface area (Å²) in [5.74, 6) is 1.56. The molecule has 27 heavy (non-hydrogen) atoms. The average molecular weight is 503 g/mol. The molecular formula is C20H27FIN3OS. The summed E-state index contributed by atoms with van der Waals surface area (Å²) < 4.78 is 25.3. The number of rotatable bonds is 9. The minimum absolute atomic E-state index is 0. The zero-order valence-corrected chi connectivity index (χ0v) is 18.6. The zero-order chi connectivity index (χ0) is 18.6. The molecule has 1 atom stereocenters. The maximum atomic E-state index is 13.2. The predicted molar refractivity (Wildman–Crippen MR) is 123 cm³/mol. The Morgan fingerprint density at radius 1 is 1.07 bits per heavy atom. The lowest BCUT2D eigenvalue weighted by molar-refractivity contribution is 0.625. The third kappa shape index (κ3) is 9.86. The van der Waals surface area contributed by atoms with Crippen LogP contribution in [-0.2, 0) is 23.0 Å². The maximum Gasteiger partial charge on any atom is 0.191 e. The zero-order valence-electron chi connectivity index (χ0n) is 15.5. The summed E-state index contributed by atoms with van der Waals surface area (Å²) in [5, 5.41) is 6.40. The Kier molecular flexibility index (Phi) is 11.9. The third-order valence-corrected chi connectivity index (χ3v) is 4.99. The van der Waals surface area contributed by atoms with Crippen LogP contribution in [0.25, 0.3) is 0 Å². The lowest BCUT2D eigenvalue weighted by Crippen LogP contribution is -2.38. The Hall–Kier alpha value is -1.48. The monoisotopic (exact) mass is 503 g/mol. The van der Waals surface area contributed by atoms with E-state index in [2.05, 4.69) is 15.6 Å². The van der Waals surface area contributed by atoms with Crippen LogP contribution in [0.1, 0.15) is 18.1 Å². The molecule has 0 fully saturated rings. The molecule has 2 rings (SSSR count). The first-order valence-electron chi connectivity index (χ1n) is 8.83. The minimum Gasteiger partial charge on any atom is -0.357 e. The molecule has 0 spiro atoms. The van der Waals surface area contributed by atoms with Crippen LogP contribution in [0, 0.1) is 5.82 Å². The van der Waals surface area contributed by atoms with Crippen LogP contribution in [0.5, 0.6) is 0 Å². The molecule has 0 amide bonds. The van der Waals surface area contributed by atoms with E-state index in [9.17, 15) is 8.60 Å². The Labute approximate surface area is 180 Å².